The molecule has 4 aromatic rings. The van der Waals surface area contributed by atoms with Crippen molar-refractivity contribution >= 4 is 28.2 Å². The van der Waals surface area contributed by atoms with Crippen LogP contribution in [0.4, 0.5) is 5.13 Å². The third-order valence-corrected chi connectivity index (χ3v) is 5.60. The molecule has 10 heteroatoms. The van der Waals surface area contributed by atoms with Crippen LogP contribution >= 0.6 is 11.3 Å². The van der Waals surface area contributed by atoms with Gasteiger partial charge in [-0.2, -0.15) is 0 Å². The zero-order valence-corrected chi connectivity index (χ0v) is 18.8. The molecule has 0 aliphatic heterocycles. The zero-order valence-electron chi connectivity index (χ0n) is 17.9. The fraction of sp³-hybridized carbons (Fsp3) is 0.130. The number of thiazole rings is 1. The number of nitrogens with zero attached hydrogens (tertiary/aromatic N) is 2. The van der Waals surface area contributed by atoms with Crippen LogP contribution in [-0.2, 0) is 0 Å². The van der Waals surface area contributed by atoms with E-state index in [0.29, 0.717) is 33.6 Å². The molecule has 0 saturated carbocycles. The lowest BCUT2D eigenvalue weighted by molar-refractivity contribution is 0.102. The molecular weight excluding hydrogens is 446 g/mol. The smallest absolute Gasteiger partial charge is 0.257 e. The van der Waals surface area contributed by atoms with Gasteiger partial charge in [0.25, 0.3) is 5.91 Å². The summed E-state index contributed by atoms with van der Waals surface area (Å²) in [5.74, 6) is 0.651. The van der Waals surface area contributed by atoms with Gasteiger partial charge in [0.2, 0.25) is 11.5 Å². The number of amides is 1. The van der Waals surface area contributed by atoms with Gasteiger partial charge < -0.3 is 18.6 Å². The molecule has 1 amide bonds. The standard InChI is InChI=1S/C23H19N3O6S/c1-29-16-11-13(12-17(30-2)20(16)31-3)22(28)26-23-25-18(15-8-6-10-32-15)21(33-23)19(27)14-7-4-5-9-24-14/h4-12H,1-3H3,(H,25,26,28). The lowest BCUT2D eigenvalue weighted by atomic mass is 10.1. The quantitative estimate of drug-likeness (QED) is 0.383. The van der Waals surface area contributed by atoms with Crippen LogP contribution in [0.3, 0.4) is 0 Å². The van der Waals surface area contributed by atoms with Gasteiger partial charge in [-0.25, -0.2) is 4.98 Å². The summed E-state index contributed by atoms with van der Waals surface area (Å²) >= 11 is 1.03. The first-order valence-corrected chi connectivity index (χ1v) is 10.5. The minimum absolute atomic E-state index is 0.222. The van der Waals surface area contributed by atoms with E-state index in [1.165, 1.54) is 45.9 Å². The lowest BCUT2D eigenvalue weighted by Gasteiger charge is -2.13. The second-order valence-corrected chi connectivity index (χ2v) is 7.59. The Morgan fingerprint density at radius 3 is 2.33 bits per heavy atom. The Balaban J connectivity index is 1.69. The summed E-state index contributed by atoms with van der Waals surface area (Å²) in [5, 5.41) is 2.95. The normalized spacial score (nSPS) is 10.5. The molecule has 1 aromatic carbocycles. The van der Waals surface area contributed by atoms with Gasteiger partial charge in [0.05, 0.1) is 27.6 Å². The van der Waals surface area contributed by atoms with E-state index in [1.54, 1.807) is 30.3 Å². The van der Waals surface area contributed by atoms with Gasteiger partial charge in [-0.1, -0.05) is 17.4 Å². The van der Waals surface area contributed by atoms with Gasteiger partial charge in [0.15, 0.2) is 22.4 Å². The number of nitrogens with one attached hydrogen (secondary N) is 1. The van der Waals surface area contributed by atoms with Crippen LogP contribution in [0, 0.1) is 0 Å². The number of furan rings is 1. The molecule has 4 rings (SSSR count). The summed E-state index contributed by atoms with van der Waals surface area (Å²) in [6.07, 6.45) is 3.02. The minimum Gasteiger partial charge on any atom is -0.493 e. The highest BCUT2D eigenvalue weighted by Gasteiger charge is 2.25. The van der Waals surface area contributed by atoms with Crippen LogP contribution in [0.1, 0.15) is 25.7 Å². The van der Waals surface area contributed by atoms with E-state index in [0.717, 1.165) is 11.3 Å². The number of benzene rings is 1. The van der Waals surface area contributed by atoms with Crippen molar-refractivity contribution in [2.45, 2.75) is 0 Å². The van der Waals surface area contributed by atoms with Crippen LogP contribution in [0.5, 0.6) is 17.2 Å². The van der Waals surface area contributed by atoms with Gasteiger partial charge in [-0.3, -0.25) is 19.9 Å². The number of hydrogen-bond donors (Lipinski definition) is 1. The highest BCUT2D eigenvalue weighted by molar-refractivity contribution is 7.18. The predicted octanol–water partition coefficient (Wildman–Crippen LogP) is 4.31. The fourth-order valence-corrected chi connectivity index (χ4v) is 4.02. The number of methoxy groups -OCH3 is 3. The van der Waals surface area contributed by atoms with Crippen LogP contribution in [0.25, 0.3) is 11.5 Å². The van der Waals surface area contributed by atoms with Crippen LogP contribution in [0.15, 0.2) is 59.3 Å². The van der Waals surface area contributed by atoms with E-state index in [4.69, 9.17) is 18.6 Å². The Labute approximate surface area is 193 Å². The fourth-order valence-electron chi connectivity index (χ4n) is 3.10. The van der Waals surface area contributed by atoms with Crippen molar-refractivity contribution in [2.24, 2.45) is 0 Å². The molecule has 0 spiro atoms. The second kappa shape index (κ2) is 9.53. The lowest BCUT2D eigenvalue weighted by Crippen LogP contribution is -2.12. The van der Waals surface area contributed by atoms with E-state index in [1.807, 2.05) is 0 Å². The molecule has 3 aromatic heterocycles. The third-order valence-electron chi connectivity index (χ3n) is 4.63. The molecule has 0 aliphatic rings. The maximum absolute atomic E-state index is 13.1. The predicted molar refractivity (Wildman–Crippen MR) is 122 cm³/mol. The van der Waals surface area contributed by atoms with Crippen molar-refractivity contribution in [1.82, 2.24) is 9.97 Å². The number of carbonyl (C=O) groups is 2. The van der Waals surface area contributed by atoms with E-state index in [9.17, 15) is 9.59 Å². The number of rotatable bonds is 8. The maximum atomic E-state index is 13.1. The first-order chi connectivity index (χ1) is 16.0. The number of anilines is 1. The summed E-state index contributed by atoms with van der Waals surface area (Å²) in [5.41, 5.74) is 0.842. The van der Waals surface area contributed by atoms with E-state index in [-0.39, 0.29) is 22.2 Å². The Bertz CT molecular complexity index is 1260. The maximum Gasteiger partial charge on any atom is 0.257 e. The first kappa shape index (κ1) is 22.0. The van der Waals surface area contributed by atoms with E-state index < -0.39 is 5.91 Å². The van der Waals surface area contributed by atoms with Crippen molar-refractivity contribution in [2.75, 3.05) is 26.6 Å². The Morgan fingerprint density at radius 2 is 1.76 bits per heavy atom. The topological polar surface area (TPSA) is 113 Å². The monoisotopic (exact) mass is 465 g/mol. The average molecular weight is 465 g/mol. The molecule has 9 nitrogen and oxygen atoms in total. The van der Waals surface area contributed by atoms with E-state index in [2.05, 4.69) is 15.3 Å². The summed E-state index contributed by atoms with van der Waals surface area (Å²) < 4.78 is 21.4. The Morgan fingerprint density at radius 1 is 1.00 bits per heavy atom. The number of carbonyl (C=O) groups excluding carboxylic acids is 2. The highest BCUT2D eigenvalue weighted by atomic mass is 32.1. The summed E-state index contributed by atoms with van der Waals surface area (Å²) in [6.45, 7) is 0. The van der Waals surface area contributed by atoms with Crippen molar-refractivity contribution in [1.29, 1.82) is 0 Å². The third kappa shape index (κ3) is 4.41. The van der Waals surface area contributed by atoms with Crippen molar-refractivity contribution in [3.05, 3.63) is 71.1 Å². The number of pyridine rings is 1. The summed E-state index contributed by atoms with van der Waals surface area (Å²) in [7, 11) is 4.40. The largest absolute Gasteiger partial charge is 0.493 e. The Hall–Kier alpha value is -4.18. The van der Waals surface area contributed by atoms with Gasteiger partial charge in [-0.15, -0.1) is 0 Å². The molecule has 0 radical (unpaired) electrons. The molecule has 1 N–H and O–H groups in total. The summed E-state index contributed by atoms with van der Waals surface area (Å²) in [6, 6.07) is 11.5. The SMILES string of the molecule is COc1cc(C(=O)Nc2nc(-c3ccco3)c(C(=O)c3ccccn3)s2)cc(OC)c1OC. The average Bonchev–Trinajstić information content (AvgIpc) is 3.53. The second-order valence-electron chi connectivity index (χ2n) is 6.59. The van der Waals surface area contributed by atoms with Crippen LogP contribution in [-0.4, -0.2) is 43.0 Å². The van der Waals surface area contributed by atoms with Gasteiger partial charge in [-0.05, 0) is 36.4 Å². The molecule has 0 fully saturated rings. The summed E-state index contributed by atoms with van der Waals surface area (Å²) in [4.78, 5) is 34.9. The first-order valence-electron chi connectivity index (χ1n) is 9.67. The van der Waals surface area contributed by atoms with Crippen molar-refractivity contribution < 1.29 is 28.2 Å². The molecule has 0 saturated heterocycles. The van der Waals surface area contributed by atoms with E-state index >= 15 is 0 Å². The van der Waals surface area contributed by atoms with Crippen molar-refractivity contribution in [3.8, 4) is 28.7 Å². The molecule has 0 bridgehead atoms. The van der Waals surface area contributed by atoms with Crippen molar-refractivity contribution in [3.63, 3.8) is 0 Å². The molecule has 0 aliphatic carbocycles. The molecule has 3 heterocycles. The van der Waals surface area contributed by atoms with Gasteiger partial charge in [0, 0.05) is 11.8 Å². The molecule has 168 valence electrons. The number of ether oxygens (including phenoxy) is 3. The number of hydrogen-bond acceptors (Lipinski definition) is 9. The number of ketones is 1. The number of aromatic nitrogens is 2. The Kier molecular flexibility index (Phi) is 6.36. The highest BCUT2D eigenvalue weighted by Crippen LogP contribution is 2.39. The molecule has 33 heavy (non-hydrogen) atoms. The minimum atomic E-state index is -0.467. The zero-order chi connectivity index (χ0) is 23.4. The molecule has 0 unspecified atom stereocenters. The molecule has 0 atom stereocenters. The molecular formula is C23H19N3O6S. The van der Waals surface area contributed by atoms with Gasteiger partial charge in [0.1, 0.15) is 16.3 Å². The van der Waals surface area contributed by atoms with Crippen LogP contribution < -0.4 is 19.5 Å². The van der Waals surface area contributed by atoms with Gasteiger partial charge >= 0.3 is 0 Å². The van der Waals surface area contributed by atoms with Crippen LogP contribution in [0.2, 0.25) is 0 Å².